The van der Waals surface area contributed by atoms with Crippen molar-refractivity contribution in [3.8, 4) is 5.75 Å². The molecular weight excluding hydrogens is 234 g/mol. The minimum Gasteiger partial charge on any atom is -0.488 e. The van der Waals surface area contributed by atoms with Crippen LogP contribution in [-0.4, -0.2) is 19.2 Å². The molecule has 1 heterocycles. The Morgan fingerprint density at radius 3 is 2.84 bits per heavy atom. The molecule has 0 spiro atoms. The largest absolute Gasteiger partial charge is 0.488 e. The highest BCUT2D eigenvalue weighted by molar-refractivity contribution is 5.37. The molecule has 1 aliphatic carbocycles. The van der Waals surface area contributed by atoms with Gasteiger partial charge in [-0.15, -0.1) is 0 Å². The van der Waals surface area contributed by atoms with Crippen LogP contribution in [0.25, 0.3) is 0 Å². The SMILES string of the molecule is CNC(C1CCCC(C)C1)C1Cc2ccccc2O1. The Labute approximate surface area is 116 Å². The first-order valence-electron chi connectivity index (χ1n) is 7.69. The van der Waals surface area contributed by atoms with E-state index in [1.54, 1.807) is 0 Å². The van der Waals surface area contributed by atoms with E-state index in [-0.39, 0.29) is 0 Å². The van der Waals surface area contributed by atoms with Crippen LogP contribution >= 0.6 is 0 Å². The summed E-state index contributed by atoms with van der Waals surface area (Å²) in [5, 5.41) is 3.54. The van der Waals surface area contributed by atoms with Gasteiger partial charge in [0.25, 0.3) is 0 Å². The van der Waals surface area contributed by atoms with Gasteiger partial charge >= 0.3 is 0 Å². The number of fused-ring (bicyclic) bond motifs is 1. The van der Waals surface area contributed by atoms with Crippen LogP contribution < -0.4 is 10.1 Å². The Balaban J connectivity index is 1.71. The summed E-state index contributed by atoms with van der Waals surface area (Å²) >= 11 is 0. The lowest BCUT2D eigenvalue weighted by atomic mass is 9.76. The lowest BCUT2D eigenvalue weighted by Gasteiger charge is -2.35. The molecule has 3 rings (SSSR count). The Morgan fingerprint density at radius 1 is 1.26 bits per heavy atom. The van der Waals surface area contributed by atoms with E-state index in [0.717, 1.165) is 24.0 Å². The molecule has 1 saturated carbocycles. The second-order valence-electron chi connectivity index (χ2n) is 6.31. The summed E-state index contributed by atoms with van der Waals surface area (Å²) in [5.74, 6) is 2.74. The number of ether oxygens (including phenoxy) is 1. The second kappa shape index (κ2) is 5.54. The fraction of sp³-hybridized carbons (Fsp3) is 0.647. The van der Waals surface area contributed by atoms with Gasteiger partial charge in [-0.3, -0.25) is 0 Å². The standard InChI is InChI=1S/C17H25NO/c1-12-6-5-8-14(10-12)17(18-2)16-11-13-7-3-4-9-15(13)19-16/h3-4,7,9,12,14,16-18H,5-6,8,10-11H2,1-2H3. The molecule has 1 N–H and O–H groups in total. The van der Waals surface area contributed by atoms with Gasteiger partial charge < -0.3 is 10.1 Å². The molecule has 0 amide bonds. The Kier molecular flexibility index (Phi) is 3.79. The average molecular weight is 259 g/mol. The number of likely N-dealkylation sites (N-methyl/N-ethyl adjacent to an activating group) is 1. The van der Waals surface area contributed by atoms with Gasteiger partial charge in [0, 0.05) is 12.5 Å². The van der Waals surface area contributed by atoms with Crippen LogP contribution in [0.2, 0.25) is 0 Å². The highest BCUT2D eigenvalue weighted by Gasteiger charge is 2.35. The average Bonchev–Trinajstić information content (AvgIpc) is 2.83. The van der Waals surface area contributed by atoms with Crippen molar-refractivity contribution in [2.24, 2.45) is 11.8 Å². The molecule has 104 valence electrons. The third-order valence-electron chi connectivity index (χ3n) is 4.89. The summed E-state index contributed by atoms with van der Waals surface area (Å²) in [4.78, 5) is 0. The first-order valence-corrected chi connectivity index (χ1v) is 7.69. The first kappa shape index (κ1) is 13.0. The molecule has 1 aliphatic heterocycles. The normalized spacial score (nSPS) is 31.6. The number of hydrogen-bond donors (Lipinski definition) is 1. The van der Waals surface area contributed by atoms with Gasteiger partial charge in [0.1, 0.15) is 11.9 Å². The van der Waals surface area contributed by atoms with E-state index < -0.39 is 0 Å². The smallest absolute Gasteiger partial charge is 0.123 e. The predicted molar refractivity (Wildman–Crippen MR) is 78.5 cm³/mol. The monoisotopic (exact) mass is 259 g/mol. The van der Waals surface area contributed by atoms with Crippen LogP contribution in [0.4, 0.5) is 0 Å². The summed E-state index contributed by atoms with van der Waals surface area (Å²) in [7, 11) is 2.09. The van der Waals surface area contributed by atoms with Crippen molar-refractivity contribution in [1.82, 2.24) is 5.32 Å². The molecule has 0 saturated heterocycles. The molecule has 19 heavy (non-hydrogen) atoms. The van der Waals surface area contributed by atoms with E-state index in [2.05, 4.69) is 43.6 Å². The summed E-state index contributed by atoms with van der Waals surface area (Å²) in [6, 6.07) is 8.98. The van der Waals surface area contributed by atoms with Crippen LogP contribution in [-0.2, 0) is 6.42 Å². The Hall–Kier alpha value is -1.02. The van der Waals surface area contributed by atoms with E-state index in [9.17, 15) is 0 Å². The molecule has 2 heteroatoms. The van der Waals surface area contributed by atoms with E-state index in [1.807, 2.05) is 0 Å². The Bertz CT molecular complexity index is 406. The van der Waals surface area contributed by atoms with E-state index in [4.69, 9.17) is 4.74 Å². The maximum Gasteiger partial charge on any atom is 0.123 e. The molecule has 2 aliphatic rings. The van der Waals surface area contributed by atoms with Crippen LogP contribution in [0, 0.1) is 11.8 Å². The minimum absolute atomic E-state index is 0.317. The number of nitrogens with one attached hydrogen (secondary N) is 1. The van der Waals surface area contributed by atoms with Gasteiger partial charge in [-0.25, -0.2) is 0 Å². The van der Waals surface area contributed by atoms with Crippen LogP contribution in [0.5, 0.6) is 5.75 Å². The summed E-state index contributed by atoms with van der Waals surface area (Å²) in [6.45, 7) is 2.39. The van der Waals surface area contributed by atoms with Gasteiger partial charge in [-0.1, -0.05) is 38.0 Å². The first-order chi connectivity index (χ1) is 9.28. The Morgan fingerprint density at radius 2 is 2.11 bits per heavy atom. The number of benzene rings is 1. The van der Waals surface area contributed by atoms with Crippen molar-refractivity contribution < 1.29 is 4.74 Å². The zero-order valence-electron chi connectivity index (χ0n) is 12.1. The van der Waals surface area contributed by atoms with Gasteiger partial charge in [-0.2, -0.15) is 0 Å². The molecular formula is C17H25NO. The molecule has 4 unspecified atom stereocenters. The number of para-hydroxylation sites is 1. The molecule has 1 aromatic rings. The number of hydrogen-bond acceptors (Lipinski definition) is 2. The van der Waals surface area contributed by atoms with Crippen molar-refractivity contribution >= 4 is 0 Å². The summed E-state index contributed by atoms with van der Waals surface area (Å²) < 4.78 is 6.19. The maximum atomic E-state index is 6.19. The fourth-order valence-electron chi connectivity index (χ4n) is 3.94. The second-order valence-corrected chi connectivity index (χ2v) is 6.31. The van der Waals surface area contributed by atoms with Crippen molar-refractivity contribution in [2.45, 2.75) is 51.2 Å². The molecule has 2 nitrogen and oxygen atoms in total. The third kappa shape index (κ3) is 2.64. The summed E-state index contributed by atoms with van der Waals surface area (Å²) in [5.41, 5.74) is 1.37. The lowest BCUT2D eigenvalue weighted by molar-refractivity contribution is 0.114. The van der Waals surface area contributed by atoms with Gasteiger partial charge in [0.2, 0.25) is 0 Å². The fourth-order valence-corrected chi connectivity index (χ4v) is 3.94. The van der Waals surface area contributed by atoms with Crippen molar-refractivity contribution in [1.29, 1.82) is 0 Å². The zero-order valence-corrected chi connectivity index (χ0v) is 12.1. The minimum atomic E-state index is 0.317. The van der Waals surface area contributed by atoms with Crippen molar-refractivity contribution in [2.75, 3.05) is 7.05 Å². The van der Waals surface area contributed by atoms with Gasteiger partial charge in [-0.05, 0) is 43.4 Å². The predicted octanol–water partition coefficient (Wildman–Crippen LogP) is 3.40. The quantitative estimate of drug-likeness (QED) is 0.898. The number of rotatable bonds is 3. The maximum absolute atomic E-state index is 6.19. The van der Waals surface area contributed by atoms with Crippen LogP contribution in [0.3, 0.4) is 0 Å². The van der Waals surface area contributed by atoms with Gasteiger partial charge in [0.15, 0.2) is 0 Å². The van der Waals surface area contributed by atoms with Crippen LogP contribution in [0.1, 0.15) is 38.2 Å². The molecule has 4 atom stereocenters. The zero-order chi connectivity index (χ0) is 13.2. The highest BCUT2D eigenvalue weighted by atomic mass is 16.5. The van der Waals surface area contributed by atoms with Gasteiger partial charge in [0.05, 0.1) is 0 Å². The molecule has 0 radical (unpaired) electrons. The topological polar surface area (TPSA) is 21.3 Å². The molecule has 1 fully saturated rings. The molecule has 0 aromatic heterocycles. The van der Waals surface area contributed by atoms with Crippen molar-refractivity contribution in [3.05, 3.63) is 29.8 Å². The van der Waals surface area contributed by atoms with E-state index >= 15 is 0 Å². The van der Waals surface area contributed by atoms with E-state index in [1.165, 1.54) is 31.2 Å². The lowest BCUT2D eigenvalue weighted by Crippen LogP contribution is -2.47. The van der Waals surface area contributed by atoms with Crippen LogP contribution in [0.15, 0.2) is 24.3 Å². The molecule has 1 aromatic carbocycles. The van der Waals surface area contributed by atoms with E-state index in [0.29, 0.717) is 12.1 Å². The highest BCUT2D eigenvalue weighted by Crippen LogP contribution is 2.36. The summed E-state index contributed by atoms with van der Waals surface area (Å²) in [6.07, 6.45) is 6.86. The third-order valence-corrected chi connectivity index (χ3v) is 4.89. The van der Waals surface area contributed by atoms with Crippen molar-refractivity contribution in [3.63, 3.8) is 0 Å². The molecule has 0 bridgehead atoms.